The SMILES string of the molecule is Cc1[nH]n(-c2ccc3c(c2)CCCC3)c(=O)c1N=Nc1cccc(-c2ccc(C(=O)O)o2)c1O.NCC(N)(Cc1ccccc1)Cc1ccccc1.NCC(N)(Cc1ccccc1)Cc1ccccc1. The molecule has 360 valence electrons. The predicted octanol–water partition coefficient (Wildman–Crippen LogP) is 9.69. The Morgan fingerprint density at radius 1 is 0.643 bits per heavy atom. The molecule has 2 heterocycles. The van der Waals surface area contributed by atoms with Gasteiger partial charge in [0.2, 0.25) is 5.76 Å². The van der Waals surface area contributed by atoms with Crippen LogP contribution in [0.4, 0.5) is 11.4 Å². The third kappa shape index (κ3) is 13.3. The number of aryl methyl sites for hydroxylation is 3. The first kappa shape index (κ1) is 50.2. The molecular weight excluding hydrogens is 877 g/mol. The largest absolute Gasteiger partial charge is 0.505 e. The molecule has 0 radical (unpaired) electrons. The number of fused-ring (bicyclic) bond motifs is 1. The van der Waals surface area contributed by atoms with Gasteiger partial charge >= 0.3 is 5.97 Å². The maximum absolute atomic E-state index is 13.1. The van der Waals surface area contributed by atoms with Crippen molar-refractivity contribution in [3.05, 3.63) is 225 Å². The van der Waals surface area contributed by atoms with Crippen LogP contribution in [0.1, 0.15) is 62.5 Å². The number of rotatable bonds is 15. The van der Waals surface area contributed by atoms with E-state index in [1.807, 2.05) is 84.9 Å². The number of phenols is 1. The molecule has 0 aliphatic heterocycles. The smallest absolute Gasteiger partial charge is 0.371 e. The van der Waals surface area contributed by atoms with E-state index in [1.165, 1.54) is 62.7 Å². The lowest BCUT2D eigenvalue weighted by atomic mass is 9.86. The zero-order valence-electron chi connectivity index (χ0n) is 39.5. The molecule has 13 heteroatoms. The van der Waals surface area contributed by atoms with E-state index < -0.39 is 5.97 Å². The minimum atomic E-state index is -1.21. The van der Waals surface area contributed by atoms with Gasteiger partial charge < -0.3 is 37.6 Å². The van der Waals surface area contributed by atoms with Crippen LogP contribution in [-0.2, 0) is 38.5 Å². The summed E-state index contributed by atoms with van der Waals surface area (Å²) in [5.41, 5.74) is 32.9. The molecule has 0 bridgehead atoms. The maximum Gasteiger partial charge on any atom is 0.371 e. The molecule has 13 nitrogen and oxygen atoms in total. The van der Waals surface area contributed by atoms with E-state index in [2.05, 4.69) is 69.9 Å². The summed E-state index contributed by atoms with van der Waals surface area (Å²) >= 11 is 0. The normalized spacial score (nSPS) is 12.4. The lowest BCUT2D eigenvalue weighted by Gasteiger charge is -2.28. The first-order valence-electron chi connectivity index (χ1n) is 23.5. The number of benzene rings is 6. The zero-order chi connectivity index (χ0) is 49.5. The van der Waals surface area contributed by atoms with E-state index in [4.69, 9.17) is 32.5 Å². The van der Waals surface area contributed by atoms with E-state index in [0.717, 1.165) is 50.6 Å². The van der Waals surface area contributed by atoms with Crippen molar-refractivity contribution >= 4 is 17.3 Å². The number of phenolic OH excluding ortho intramolecular Hbond substituents is 1. The van der Waals surface area contributed by atoms with Crippen molar-refractivity contribution in [3.8, 4) is 22.8 Å². The van der Waals surface area contributed by atoms with Gasteiger partial charge in [-0.15, -0.1) is 10.2 Å². The molecule has 1 aliphatic carbocycles. The molecule has 0 fully saturated rings. The second kappa shape index (κ2) is 23.6. The summed E-state index contributed by atoms with van der Waals surface area (Å²) in [5, 5.41) is 31.0. The molecule has 2 aromatic heterocycles. The van der Waals surface area contributed by atoms with Crippen molar-refractivity contribution in [2.45, 2.75) is 69.4 Å². The molecule has 70 heavy (non-hydrogen) atoms. The monoisotopic (exact) mass is 938 g/mol. The van der Waals surface area contributed by atoms with Gasteiger partial charge in [-0.1, -0.05) is 133 Å². The molecule has 0 amide bonds. The molecule has 0 saturated carbocycles. The Morgan fingerprint density at radius 3 is 1.59 bits per heavy atom. The topological polar surface area (TPSA) is 237 Å². The van der Waals surface area contributed by atoms with Crippen molar-refractivity contribution in [3.63, 3.8) is 0 Å². The molecule has 6 aromatic carbocycles. The Labute approximate surface area is 408 Å². The summed E-state index contributed by atoms with van der Waals surface area (Å²) in [4.78, 5) is 24.1. The summed E-state index contributed by atoms with van der Waals surface area (Å²) in [7, 11) is 0. The highest BCUT2D eigenvalue weighted by molar-refractivity contribution is 5.85. The summed E-state index contributed by atoms with van der Waals surface area (Å²) in [6, 6.07) is 54.7. The van der Waals surface area contributed by atoms with Gasteiger partial charge in [0.15, 0.2) is 11.4 Å². The van der Waals surface area contributed by atoms with E-state index in [1.54, 1.807) is 19.1 Å². The van der Waals surface area contributed by atoms with E-state index >= 15 is 0 Å². The number of carbonyl (C=O) groups is 1. The summed E-state index contributed by atoms with van der Waals surface area (Å²) in [5.74, 6) is -1.51. The molecule has 9 rings (SSSR count). The first-order chi connectivity index (χ1) is 33.9. The Balaban J connectivity index is 0.000000170. The Hall–Kier alpha value is -7.68. The van der Waals surface area contributed by atoms with Crippen LogP contribution in [0.15, 0.2) is 189 Å². The Kier molecular flexibility index (Phi) is 16.9. The minimum Gasteiger partial charge on any atom is -0.505 e. The van der Waals surface area contributed by atoms with Crippen molar-refractivity contribution < 1.29 is 19.4 Å². The number of para-hydroxylation sites is 1. The highest BCUT2D eigenvalue weighted by Crippen LogP contribution is 2.38. The van der Waals surface area contributed by atoms with Gasteiger partial charge in [0, 0.05) is 24.2 Å². The van der Waals surface area contributed by atoms with Crippen LogP contribution < -0.4 is 28.5 Å². The average Bonchev–Trinajstić information content (AvgIpc) is 3.99. The second-order valence-corrected chi connectivity index (χ2v) is 18.0. The molecule has 0 atom stereocenters. The standard InChI is InChI=1S/C25H22N4O5.2C16H20N2/c1-14-22(24(31)29(28-14)17-10-9-15-5-2-3-6-16(15)13-17)27-26-19-8-4-7-18(23(19)30)20-11-12-21(34-20)25(32)33;2*17-13-16(18,11-14-7-3-1-4-8-14)12-15-9-5-2-6-10-15/h4,7-13,28,30H,2-3,5-6H2,1H3,(H,32,33);2*1-10H,11-13,17-18H2. The number of furan rings is 1. The maximum atomic E-state index is 13.1. The fourth-order valence-corrected chi connectivity index (χ4v) is 8.63. The quantitative estimate of drug-likeness (QED) is 0.0484. The lowest BCUT2D eigenvalue weighted by Crippen LogP contribution is -2.50. The van der Waals surface area contributed by atoms with Gasteiger partial charge in [-0.2, -0.15) is 0 Å². The van der Waals surface area contributed by atoms with Crippen LogP contribution in [0.25, 0.3) is 17.0 Å². The number of aromatic amines is 1. The van der Waals surface area contributed by atoms with Crippen LogP contribution in [0.5, 0.6) is 5.75 Å². The number of nitrogens with one attached hydrogen (secondary N) is 1. The summed E-state index contributed by atoms with van der Waals surface area (Å²) < 4.78 is 6.72. The molecular formula is C57H62N8O5. The summed E-state index contributed by atoms with van der Waals surface area (Å²) in [6.07, 6.45) is 7.62. The highest BCUT2D eigenvalue weighted by Gasteiger charge is 2.25. The van der Waals surface area contributed by atoms with Gasteiger partial charge in [0.25, 0.3) is 5.56 Å². The van der Waals surface area contributed by atoms with Gasteiger partial charge in [0.05, 0.1) is 16.9 Å². The van der Waals surface area contributed by atoms with Crippen molar-refractivity contribution in [2.24, 2.45) is 33.2 Å². The van der Waals surface area contributed by atoms with Crippen molar-refractivity contribution in [1.82, 2.24) is 9.78 Å². The molecule has 0 saturated heterocycles. The molecule has 0 unspecified atom stereocenters. The fraction of sp³-hybridized carbons (Fsp3) is 0.228. The number of aromatic nitrogens is 2. The van der Waals surface area contributed by atoms with Crippen LogP contribution >= 0.6 is 0 Å². The highest BCUT2D eigenvalue weighted by atomic mass is 16.4. The third-order valence-corrected chi connectivity index (χ3v) is 12.4. The lowest BCUT2D eigenvalue weighted by molar-refractivity contribution is 0.0663. The van der Waals surface area contributed by atoms with Gasteiger partial charge in [-0.25, -0.2) is 9.48 Å². The molecule has 11 N–H and O–H groups in total. The zero-order valence-corrected chi connectivity index (χ0v) is 39.5. The number of azo groups is 1. The number of aromatic carboxylic acids is 1. The molecule has 1 aliphatic rings. The number of hydrogen-bond acceptors (Lipinski definition) is 10. The predicted molar refractivity (Wildman–Crippen MR) is 277 cm³/mol. The number of H-pyrrole nitrogens is 1. The third-order valence-electron chi connectivity index (χ3n) is 12.4. The number of nitrogens with zero attached hydrogens (tertiary/aromatic N) is 3. The number of nitrogens with two attached hydrogens (primary N) is 4. The van der Waals surface area contributed by atoms with Gasteiger partial charge in [0.1, 0.15) is 11.4 Å². The van der Waals surface area contributed by atoms with E-state index in [-0.39, 0.29) is 50.8 Å². The van der Waals surface area contributed by atoms with Crippen LogP contribution in [0.2, 0.25) is 0 Å². The number of carboxylic acids is 1. The van der Waals surface area contributed by atoms with E-state index in [0.29, 0.717) is 18.8 Å². The van der Waals surface area contributed by atoms with Crippen LogP contribution in [-0.4, -0.2) is 50.1 Å². The number of carboxylic acid groups (broad SMARTS) is 1. The van der Waals surface area contributed by atoms with Gasteiger partial charge in [-0.3, -0.25) is 9.89 Å². The van der Waals surface area contributed by atoms with Crippen LogP contribution in [0.3, 0.4) is 0 Å². The van der Waals surface area contributed by atoms with Gasteiger partial charge in [-0.05, 0) is 128 Å². The van der Waals surface area contributed by atoms with Crippen molar-refractivity contribution in [2.75, 3.05) is 13.1 Å². The number of aromatic hydroxyl groups is 1. The summed E-state index contributed by atoms with van der Waals surface area (Å²) in [6.45, 7) is 2.70. The van der Waals surface area contributed by atoms with Crippen LogP contribution in [0, 0.1) is 6.92 Å². The molecule has 8 aromatic rings. The molecule has 0 spiro atoms. The first-order valence-corrected chi connectivity index (χ1v) is 23.5. The van der Waals surface area contributed by atoms with E-state index in [9.17, 15) is 14.7 Å². The van der Waals surface area contributed by atoms with Crippen molar-refractivity contribution in [1.29, 1.82) is 0 Å². The number of hydrogen-bond donors (Lipinski definition) is 7. The average molecular weight is 939 g/mol. The Morgan fingerprint density at radius 2 is 1.13 bits per heavy atom. The Bertz CT molecular complexity index is 2850. The minimum absolute atomic E-state index is 0.117. The fourth-order valence-electron chi connectivity index (χ4n) is 8.63. The second-order valence-electron chi connectivity index (χ2n) is 18.0.